The molecule has 172 valence electrons. The molecule has 0 saturated carbocycles. The van der Waals surface area contributed by atoms with Gasteiger partial charge in [0.25, 0.3) is 0 Å². The molecular formula is C31H33N3. The van der Waals surface area contributed by atoms with Gasteiger partial charge in [-0.25, -0.2) is 0 Å². The van der Waals surface area contributed by atoms with Gasteiger partial charge < -0.3 is 14.7 Å². The maximum Gasteiger partial charge on any atom is 0.0440 e. The van der Waals surface area contributed by atoms with Crippen molar-refractivity contribution >= 4 is 29.1 Å². The average Bonchev–Trinajstić information content (AvgIpc) is 3.05. The van der Waals surface area contributed by atoms with E-state index in [1.165, 1.54) is 69.6 Å². The lowest BCUT2D eigenvalue weighted by Crippen LogP contribution is -2.23. The fourth-order valence-corrected chi connectivity index (χ4v) is 5.66. The summed E-state index contributed by atoms with van der Waals surface area (Å²) >= 11 is 0. The highest BCUT2D eigenvalue weighted by atomic mass is 15.1. The summed E-state index contributed by atoms with van der Waals surface area (Å²) in [5, 5.41) is 0. The molecule has 0 atom stereocenters. The molecule has 6 rings (SSSR count). The fourth-order valence-electron chi connectivity index (χ4n) is 5.66. The van der Waals surface area contributed by atoms with Crippen LogP contribution in [-0.2, 0) is 19.5 Å². The molecule has 0 unspecified atom stereocenters. The van der Waals surface area contributed by atoms with Crippen molar-refractivity contribution in [2.75, 3.05) is 37.0 Å². The molecule has 0 N–H and O–H groups in total. The van der Waals surface area contributed by atoms with E-state index >= 15 is 0 Å². The second-order valence-electron chi connectivity index (χ2n) is 10.1. The summed E-state index contributed by atoms with van der Waals surface area (Å²) in [5.41, 5.74) is 12.4. The lowest BCUT2D eigenvalue weighted by atomic mass is 9.93. The van der Waals surface area contributed by atoms with Gasteiger partial charge in [-0.2, -0.15) is 0 Å². The monoisotopic (exact) mass is 447 g/mol. The first-order chi connectivity index (χ1) is 16.6. The van der Waals surface area contributed by atoms with E-state index in [0.29, 0.717) is 0 Å². The van der Waals surface area contributed by atoms with E-state index in [9.17, 15) is 0 Å². The van der Waals surface area contributed by atoms with E-state index in [1.54, 1.807) is 0 Å². The molecule has 3 heterocycles. The van der Waals surface area contributed by atoms with Gasteiger partial charge in [0.2, 0.25) is 0 Å². The molecule has 0 aromatic heterocycles. The number of benzene rings is 3. The summed E-state index contributed by atoms with van der Waals surface area (Å²) in [4.78, 5) is 7.22. The summed E-state index contributed by atoms with van der Waals surface area (Å²) in [6, 6.07) is 22.8. The molecule has 3 aliphatic heterocycles. The first kappa shape index (κ1) is 21.1. The molecule has 3 nitrogen and oxygen atoms in total. The Morgan fingerprint density at radius 2 is 1.65 bits per heavy atom. The normalized spacial score (nSPS) is 17.0. The molecule has 3 aromatic rings. The van der Waals surface area contributed by atoms with Gasteiger partial charge >= 0.3 is 0 Å². The van der Waals surface area contributed by atoms with E-state index in [-0.39, 0.29) is 0 Å². The Morgan fingerprint density at radius 1 is 0.765 bits per heavy atom. The lowest BCUT2D eigenvalue weighted by molar-refractivity contribution is 0.359. The molecule has 0 aliphatic carbocycles. The Morgan fingerprint density at radius 3 is 2.59 bits per heavy atom. The van der Waals surface area contributed by atoms with Crippen molar-refractivity contribution in [2.45, 2.75) is 32.4 Å². The zero-order valence-electron chi connectivity index (χ0n) is 20.3. The highest BCUT2D eigenvalue weighted by Gasteiger charge is 2.18. The van der Waals surface area contributed by atoms with Crippen molar-refractivity contribution in [3.63, 3.8) is 0 Å². The van der Waals surface area contributed by atoms with Crippen molar-refractivity contribution < 1.29 is 0 Å². The molecule has 0 saturated heterocycles. The summed E-state index contributed by atoms with van der Waals surface area (Å²) in [6.07, 6.45) is 10.7. The molecule has 0 bridgehead atoms. The van der Waals surface area contributed by atoms with Gasteiger partial charge in [0.05, 0.1) is 0 Å². The number of rotatable bonds is 3. The highest BCUT2D eigenvalue weighted by Crippen LogP contribution is 2.33. The Hall–Kier alpha value is -3.46. The van der Waals surface area contributed by atoms with Gasteiger partial charge in [0.1, 0.15) is 0 Å². The number of hydrogen-bond acceptors (Lipinski definition) is 3. The molecule has 0 amide bonds. The fraction of sp³-hybridized carbons (Fsp3) is 0.290. The predicted molar refractivity (Wildman–Crippen MR) is 145 cm³/mol. The molecule has 3 aromatic carbocycles. The quantitative estimate of drug-likeness (QED) is 0.458. The standard InChI is InChI=1S/C31H33N3/c1-32-15-6-5-7-24-11-10-23(17-31(24)32)20-34-16-14-26-18-25(12-13-28(26)22-34)29-19-27-8-3-4-9-30(27)33(2)21-29/h3-4,8-14,16-19H,5-7,15,20-22H2,1-2H3. The van der Waals surface area contributed by atoms with E-state index in [0.717, 1.165) is 26.2 Å². The van der Waals surface area contributed by atoms with Crippen LogP contribution in [0.25, 0.3) is 17.7 Å². The third-order valence-electron chi connectivity index (χ3n) is 7.58. The zero-order chi connectivity index (χ0) is 23.1. The molecule has 34 heavy (non-hydrogen) atoms. The third-order valence-corrected chi connectivity index (χ3v) is 7.58. The molecule has 3 aliphatic rings. The minimum absolute atomic E-state index is 0.943. The first-order valence-corrected chi connectivity index (χ1v) is 12.5. The van der Waals surface area contributed by atoms with Crippen LogP contribution >= 0.6 is 0 Å². The summed E-state index contributed by atoms with van der Waals surface area (Å²) in [5.74, 6) is 0. The van der Waals surface area contributed by atoms with Crippen LogP contribution in [0.3, 0.4) is 0 Å². The van der Waals surface area contributed by atoms with Crippen LogP contribution < -0.4 is 9.80 Å². The second-order valence-corrected chi connectivity index (χ2v) is 10.1. The third kappa shape index (κ3) is 4.00. The van der Waals surface area contributed by atoms with Crippen LogP contribution in [0, 0.1) is 0 Å². The van der Waals surface area contributed by atoms with Crippen molar-refractivity contribution in [2.24, 2.45) is 0 Å². The lowest BCUT2D eigenvalue weighted by Gasteiger charge is -2.29. The van der Waals surface area contributed by atoms with E-state index < -0.39 is 0 Å². The van der Waals surface area contributed by atoms with Gasteiger partial charge in [0, 0.05) is 57.8 Å². The van der Waals surface area contributed by atoms with Gasteiger partial charge in [-0.1, -0.05) is 42.5 Å². The smallest absolute Gasteiger partial charge is 0.0440 e. The zero-order valence-corrected chi connectivity index (χ0v) is 20.3. The molecular weight excluding hydrogens is 414 g/mol. The van der Waals surface area contributed by atoms with Crippen LogP contribution in [0.1, 0.15) is 46.2 Å². The van der Waals surface area contributed by atoms with Crippen molar-refractivity contribution in [1.82, 2.24) is 4.90 Å². The van der Waals surface area contributed by atoms with Crippen LogP contribution in [0.2, 0.25) is 0 Å². The first-order valence-electron chi connectivity index (χ1n) is 12.5. The number of fused-ring (bicyclic) bond motifs is 3. The van der Waals surface area contributed by atoms with Gasteiger partial charge in [-0.3, -0.25) is 0 Å². The maximum atomic E-state index is 2.43. The predicted octanol–water partition coefficient (Wildman–Crippen LogP) is 6.44. The Bertz CT molecular complexity index is 1290. The van der Waals surface area contributed by atoms with Crippen molar-refractivity contribution in [3.05, 3.63) is 100 Å². The number of anilines is 2. The van der Waals surface area contributed by atoms with E-state index in [1.807, 2.05) is 0 Å². The van der Waals surface area contributed by atoms with Gasteiger partial charge in [-0.15, -0.1) is 0 Å². The molecule has 0 fully saturated rings. The van der Waals surface area contributed by atoms with E-state index in [4.69, 9.17) is 0 Å². The number of nitrogens with zero attached hydrogens (tertiary/aromatic N) is 3. The van der Waals surface area contributed by atoms with Crippen LogP contribution in [-0.4, -0.2) is 32.1 Å². The maximum absolute atomic E-state index is 2.43. The minimum Gasteiger partial charge on any atom is -0.374 e. The van der Waals surface area contributed by atoms with Crippen LogP contribution in [0.5, 0.6) is 0 Å². The SMILES string of the molecule is CN1CC(c2ccc3c(c2)C=CN(Cc2ccc4c(c2)N(C)CCCC4)C3)=Cc2ccccc21. The number of likely N-dealkylation sites (N-methyl/N-ethyl adjacent to an activating group) is 1. The van der Waals surface area contributed by atoms with Gasteiger partial charge in [-0.05, 0) is 88.6 Å². The molecule has 3 heteroatoms. The Labute approximate surface area is 203 Å². The average molecular weight is 448 g/mol. The summed E-state index contributed by atoms with van der Waals surface area (Å²) < 4.78 is 0. The van der Waals surface area contributed by atoms with Crippen molar-refractivity contribution in [1.29, 1.82) is 0 Å². The number of para-hydroxylation sites is 1. The number of aryl methyl sites for hydroxylation is 1. The Kier molecular flexibility index (Phi) is 5.41. The summed E-state index contributed by atoms with van der Waals surface area (Å²) in [6.45, 7) is 4.01. The second kappa shape index (κ2) is 8.72. The van der Waals surface area contributed by atoms with Crippen LogP contribution in [0.4, 0.5) is 11.4 Å². The van der Waals surface area contributed by atoms with Crippen LogP contribution in [0.15, 0.2) is 66.9 Å². The Balaban J connectivity index is 1.21. The summed E-state index contributed by atoms with van der Waals surface area (Å²) in [7, 11) is 4.42. The molecule has 0 radical (unpaired) electrons. The van der Waals surface area contributed by atoms with Crippen molar-refractivity contribution in [3.8, 4) is 0 Å². The number of hydrogen-bond donors (Lipinski definition) is 0. The minimum atomic E-state index is 0.943. The topological polar surface area (TPSA) is 9.72 Å². The highest BCUT2D eigenvalue weighted by molar-refractivity contribution is 5.91. The van der Waals surface area contributed by atoms with E-state index in [2.05, 4.69) is 108 Å². The van der Waals surface area contributed by atoms with Gasteiger partial charge in [0.15, 0.2) is 0 Å². The molecule has 0 spiro atoms. The largest absolute Gasteiger partial charge is 0.374 e.